The van der Waals surface area contributed by atoms with Crippen molar-refractivity contribution in [3.05, 3.63) is 65.8 Å². The fraction of sp³-hybridized carbons (Fsp3) is 0.407. The van der Waals surface area contributed by atoms with Crippen LogP contribution in [0.5, 0.6) is 0 Å². The van der Waals surface area contributed by atoms with Gasteiger partial charge in [-0.05, 0) is 30.4 Å². The summed E-state index contributed by atoms with van der Waals surface area (Å²) in [7, 11) is 0. The van der Waals surface area contributed by atoms with E-state index in [2.05, 4.69) is 67.1 Å². The number of Topliss-reactive ketones (excluding diaryl/α,β-unsaturated/α-hetero) is 1. The molecule has 0 radical (unpaired) electrons. The molecule has 35 heavy (non-hydrogen) atoms. The number of hydrogen-bond donors (Lipinski definition) is 1. The number of nitrogens with zero attached hydrogens (tertiary/aromatic N) is 5. The van der Waals surface area contributed by atoms with Gasteiger partial charge in [0.25, 0.3) is 0 Å². The third-order valence-corrected chi connectivity index (χ3v) is 7.95. The Bertz CT molecular complexity index is 1240. The van der Waals surface area contributed by atoms with Crippen LogP contribution in [-0.2, 0) is 6.42 Å². The molecule has 1 N–H and O–H groups in total. The van der Waals surface area contributed by atoms with Gasteiger partial charge in [0.15, 0.2) is 10.9 Å². The summed E-state index contributed by atoms with van der Waals surface area (Å²) in [4.78, 5) is 34.9. The number of nitrogens with one attached hydrogen (secondary N) is 1. The quantitative estimate of drug-likeness (QED) is 0.303. The number of anilines is 2. The van der Waals surface area contributed by atoms with E-state index in [4.69, 9.17) is 0 Å². The smallest absolute Gasteiger partial charge is 0.186 e. The van der Waals surface area contributed by atoms with Gasteiger partial charge in [-0.25, -0.2) is 15.0 Å². The summed E-state index contributed by atoms with van der Waals surface area (Å²) >= 11 is 1.54. The minimum absolute atomic E-state index is 0.217. The molecule has 1 aromatic carbocycles. The Morgan fingerprint density at radius 1 is 1.09 bits per heavy atom. The number of hydrogen-bond acceptors (Lipinski definition) is 7. The van der Waals surface area contributed by atoms with Crippen LogP contribution in [0.3, 0.4) is 0 Å². The third-order valence-electron chi connectivity index (χ3n) is 6.85. The van der Waals surface area contributed by atoms with Crippen molar-refractivity contribution in [2.24, 2.45) is 5.92 Å². The van der Waals surface area contributed by atoms with Gasteiger partial charge in [0, 0.05) is 49.7 Å². The zero-order valence-electron chi connectivity index (χ0n) is 20.2. The lowest BCUT2D eigenvalue weighted by molar-refractivity contribution is 0.0962. The molecule has 3 aromatic heterocycles. The maximum Gasteiger partial charge on any atom is 0.186 e. The lowest BCUT2D eigenvalue weighted by Crippen LogP contribution is -2.46. The zero-order valence-corrected chi connectivity index (χ0v) is 21.0. The topological polar surface area (TPSA) is 78.0 Å². The van der Waals surface area contributed by atoms with E-state index in [-0.39, 0.29) is 5.78 Å². The largest absolute Gasteiger partial charge is 0.365 e. The van der Waals surface area contributed by atoms with Gasteiger partial charge in [-0.2, -0.15) is 0 Å². The molecule has 5 rings (SSSR count). The molecule has 4 heterocycles. The Kier molecular flexibility index (Phi) is 7.37. The average molecular weight is 489 g/mol. The standard InChI is InChI=1S/C27H32N6OS/c1-2-3-6-20(13-21-15-30-24-8-5-4-7-23(21)24)14-25(34)26-18-31-27(35-26)33-11-9-32(10-12-33)22-16-28-19-29-17-22/h4-5,7-8,15-20,30H,2-3,6,9-14H2,1H3. The van der Waals surface area contributed by atoms with Crippen molar-refractivity contribution >= 4 is 38.8 Å². The maximum absolute atomic E-state index is 13.3. The Morgan fingerprint density at radius 3 is 2.66 bits per heavy atom. The first-order valence-corrected chi connectivity index (χ1v) is 13.3. The highest BCUT2D eigenvalue weighted by Gasteiger charge is 2.23. The molecule has 7 nitrogen and oxygen atoms in total. The lowest BCUT2D eigenvalue weighted by Gasteiger charge is -2.35. The van der Waals surface area contributed by atoms with E-state index in [1.807, 2.05) is 12.4 Å². The predicted molar refractivity (Wildman–Crippen MR) is 143 cm³/mol. The van der Waals surface area contributed by atoms with Gasteiger partial charge >= 0.3 is 0 Å². The molecule has 0 spiro atoms. The summed E-state index contributed by atoms with van der Waals surface area (Å²) in [5.74, 6) is 0.554. The Labute approximate surface area is 210 Å². The van der Waals surface area contributed by atoms with Gasteiger partial charge < -0.3 is 14.8 Å². The van der Waals surface area contributed by atoms with Gasteiger partial charge in [0.05, 0.1) is 29.2 Å². The summed E-state index contributed by atoms with van der Waals surface area (Å²) in [5, 5.41) is 2.21. The highest BCUT2D eigenvalue weighted by atomic mass is 32.1. The van der Waals surface area contributed by atoms with Crippen LogP contribution in [0.25, 0.3) is 10.9 Å². The highest BCUT2D eigenvalue weighted by molar-refractivity contribution is 7.17. The monoisotopic (exact) mass is 488 g/mol. The summed E-state index contributed by atoms with van der Waals surface area (Å²) in [6.07, 6.45) is 14.0. The van der Waals surface area contributed by atoms with Crippen molar-refractivity contribution in [1.82, 2.24) is 19.9 Å². The molecular formula is C27H32N6OS. The second-order valence-electron chi connectivity index (χ2n) is 9.28. The van der Waals surface area contributed by atoms with Crippen LogP contribution in [0, 0.1) is 5.92 Å². The van der Waals surface area contributed by atoms with E-state index in [1.165, 1.54) is 22.3 Å². The zero-order chi connectivity index (χ0) is 24.0. The van der Waals surface area contributed by atoms with Crippen LogP contribution >= 0.6 is 11.3 Å². The van der Waals surface area contributed by atoms with Crippen LogP contribution in [-0.4, -0.2) is 51.9 Å². The molecule has 1 aliphatic rings. The van der Waals surface area contributed by atoms with Crippen molar-refractivity contribution in [3.63, 3.8) is 0 Å². The second-order valence-corrected chi connectivity index (χ2v) is 10.3. The molecule has 4 aromatic rings. The Balaban J connectivity index is 1.21. The van der Waals surface area contributed by atoms with Crippen LogP contribution in [0.4, 0.5) is 10.8 Å². The first-order valence-electron chi connectivity index (χ1n) is 12.5. The van der Waals surface area contributed by atoms with E-state index in [0.29, 0.717) is 12.3 Å². The van der Waals surface area contributed by atoms with Crippen LogP contribution < -0.4 is 9.80 Å². The number of carbonyl (C=O) groups excluding carboxylic acids is 1. The van der Waals surface area contributed by atoms with Crippen LogP contribution in [0.1, 0.15) is 47.8 Å². The number of aromatic amines is 1. The summed E-state index contributed by atoms with van der Waals surface area (Å²) in [6.45, 7) is 5.73. The van der Waals surface area contributed by atoms with Crippen molar-refractivity contribution in [1.29, 1.82) is 0 Å². The molecule has 0 amide bonds. The van der Waals surface area contributed by atoms with E-state index in [9.17, 15) is 4.79 Å². The molecule has 1 fully saturated rings. The fourth-order valence-electron chi connectivity index (χ4n) is 4.89. The number of fused-ring (bicyclic) bond motifs is 1. The molecule has 0 aliphatic carbocycles. The fourth-order valence-corrected chi connectivity index (χ4v) is 5.81. The number of unbranched alkanes of at least 4 members (excludes halogenated alkanes) is 1. The number of thiazole rings is 1. The number of para-hydroxylation sites is 1. The number of H-pyrrole nitrogens is 1. The van der Waals surface area contributed by atoms with Crippen LogP contribution in [0.2, 0.25) is 0 Å². The van der Waals surface area contributed by atoms with Crippen molar-refractivity contribution < 1.29 is 4.79 Å². The first-order chi connectivity index (χ1) is 17.2. The maximum atomic E-state index is 13.3. The van der Waals surface area contributed by atoms with E-state index < -0.39 is 0 Å². The second kappa shape index (κ2) is 11.0. The Morgan fingerprint density at radius 2 is 1.86 bits per heavy atom. The third kappa shape index (κ3) is 5.53. The minimum Gasteiger partial charge on any atom is -0.365 e. The number of benzene rings is 1. The van der Waals surface area contributed by atoms with Gasteiger partial charge in [-0.15, -0.1) is 0 Å². The van der Waals surface area contributed by atoms with Gasteiger partial charge in [0.2, 0.25) is 0 Å². The molecular weight excluding hydrogens is 456 g/mol. The average Bonchev–Trinajstić information content (AvgIpc) is 3.56. The van der Waals surface area contributed by atoms with E-state index in [0.717, 1.165) is 73.1 Å². The molecule has 1 atom stereocenters. The predicted octanol–water partition coefficient (Wildman–Crippen LogP) is 5.36. The number of aromatic nitrogens is 4. The number of piperazine rings is 1. The molecule has 182 valence electrons. The summed E-state index contributed by atoms with van der Waals surface area (Å²) in [5.41, 5.74) is 3.52. The summed E-state index contributed by atoms with van der Waals surface area (Å²) < 4.78 is 0. The summed E-state index contributed by atoms with van der Waals surface area (Å²) in [6, 6.07) is 8.41. The molecule has 1 aliphatic heterocycles. The molecule has 1 unspecified atom stereocenters. The first kappa shape index (κ1) is 23.5. The van der Waals surface area contributed by atoms with Crippen molar-refractivity contribution in [2.75, 3.05) is 36.0 Å². The lowest BCUT2D eigenvalue weighted by atomic mass is 9.89. The normalized spacial score (nSPS) is 15.0. The van der Waals surface area contributed by atoms with Crippen molar-refractivity contribution in [3.8, 4) is 0 Å². The molecule has 0 saturated carbocycles. The molecule has 8 heteroatoms. The Hall–Kier alpha value is -3.26. The van der Waals surface area contributed by atoms with E-state index >= 15 is 0 Å². The SMILES string of the molecule is CCCCC(CC(=O)c1cnc(N2CCN(c3cncnc3)CC2)s1)Cc1c[nH]c2ccccc12. The number of ketones is 1. The molecule has 1 saturated heterocycles. The highest BCUT2D eigenvalue weighted by Crippen LogP contribution is 2.29. The number of carbonyl (C=O) groups is 1. The van der Waals surface area contributed by atoms with Gasteiger partial charge in [-0.3, -0.25) is 4.79 Å². The van der Waals surface area contributed by atoms with E-state index in [1.54, 1.807) is 12.5 Å². The molecule has 0 bridgehead atoms. The number of rotatable bonds is 10. The minimum atomic E-state index is 0.217. The van der Waals surface area contributed by atoms with Gasteiger partial charge in [0.1, 0.15) is 6.33 Å². The van der Waals surface area contributed by atoms with Gasteiger partial charge in [-0.1, -0.05) is 49.3 Å². The van der Waals surface area contributed by atoms with Crippen LogP contribution in [0.15, 0.2) is 55.4 Å². The van der Waals surface area contributed by atoms with Crippen molar-refractivity contribution in [2.45, 2.75) is 39.0 Å².